The van der Waals surface area contributed by atoms with Gasteiger partial charge in [0.25, 0.3) is 0 Å². The quantitative estimate of drug-likeness (QED) is 0.825. The summed E-state index contributed by atoms with van der Waals surface area (Å²) in [5.74, 6) is -0.938. The van der Waals surface area contributed by atoms with Crippen LogP contribution in [0.4, 0.5) is 5.69 Å². The first kappa shape index (κ1) is 15.4. The lowest BCUT2D eigenvalue weighted by atomic mass is 10.1. The molecule has 1 unspecified atom stereocenters. The number of aryl methyl sites for hydroxylation is 2. The summed E-state index contributed by atoms with van der Waals surface area (Å²) in [6.07, 6.45) is 0.951. The van der Waals surface area contributed by atoms with Gasteiger partial charge in [0.1, 0.15) is 5.56 Å². The molecule has 5 heteroatoms. The molecule has 2 N–H and O–H groups in total. The van der Waals surface area contributed by atoms with Crippen LogP contribution in [0.15, 0.2) is 6.07 Å². The van der Waals surface area contributed by atoms with E-state index in [0.717, 1.165) is 18.7 Å². The minimum Gasteiger partial charge on any atom is -0.478 e. The Morgan fingerprint density at radius 1 is 1.47 bits per heavy atom. The zero-order chi connectivity index (χ0) is 14.6. The Hall–Kier alpha value is -1.62. The van der Waals surface area contributed by atoms with Crippen molar-refractivity contribution in [3.8, 4) is 0 Å². The topological polar surface area (TPSA) is 65.5 Å². The minimum atomic E-state index is -0.938. The summed E-state index contributed by atoms with van der Waals surface area (Å²) in [5, 5.41) is 12.6. The van der Waals surface area contributed by atoms with Crippen molar-refractivity contribution in [2.45, 2.75) is 33.2 Å². The predicted octanol–water partition coefficient (Wildman–Crippen LogP) is 2.15. The van der Waals surface area contributed by atoms with Crippen molar-refractivity contribution in [3.63, 3.8) is 0 Å². The normalized spacial score (nSPS) is 12.5. The molecule has 0 aliphatic rings. The van der Waals surface area contributed by atoms with Crippen LogP contribution in [0.5, 0.6) is 0 Å². The van der Waals surface area contributed by atoms with E-state index in [0.29, 0.717) is 11.4 Å². The summed E-state index contributed by atoms with van der Waals surface area (Å²) in [6.45, 7) is 6.61. The SMILES string of the molecule is Cc1cc(NC(C)CCN(C)C)c(C(=O)O)c(C)n1. The molecular weight excluding hydrogens is 242 g/mol. The van der Waals surface area contributed by atoms with E-state index in [9.17, 15) is 9.90 Å². The molecule has 0 spiro atoms. The highest BCUT2D eigenvalue weighted by Crippen LogP contribution is 2.21. The lowest BCUT2D eigenvalue weighted by Crippen LogP contribution is -2.24. The molecule has 0 aromatic carbocycles. The first-order valence-corrected chi connectivity index (χ1v) is 6.44. The van der Waals surface area contributed by atoms with E-state index < -0.39 is 5.97 Å². The fourth-order valence-electron chi connectivity index (χ4n) is 2.00. The highest BCUT2D eigenvalue weighted by Gasteiger charge is 2.16. The van der Waals surface area contributed by atoms with Crippen molar-refractivity contribution in [2.75, 3.05) is 26.0 Å². The van der Waals surface area contributed by atoms with Crippen LogP contribution in [0, 0.1) is 13.8 Å². The number of hydrogen-bond acceptors (Lipinski definition) is 4. The van der Waals surface area contributed by atoms with Gasteiger partial charge in [-0.05, 0) is 53.9 Å². The largest absolute Gasteiger partial charge is 0.478 e. The average Bonchev–Trinajstić information content (AvgIpc) is 2.24. The smallest absolute Gasteiger partial charge is 0.339 e. The van der Waals surface area contributed by atoms with Gasteiger partial charge < -0.3 is 15.3 Å². The number of rotatable bonds is 6. The molecule has 0 amide bonds. The molecule has 1 heterocycles. The lowest BCUT2D eigenvalue weighted by Gasteiger charge is -2.20. The van der Waals surface area contributed by atoms with Gasteiger partial charge in [0.15, 0.2) is 0 Å². The number of anilines is 1. The zero-order valence-corrected chi connectivity index (χ0v) is 12.3. The zero-order valence-electron chi connectivity index (χ0n) is 12.3. The molecule has 1 aromatic heterocycles. The van der Waals surface area contributed by atoms with Crippen molar-refractivity contribution in [3.05, 3.63) is 23.0 Å². The summed E-state index contributed by atoms with van der Waals surface area (Å²) >= 11 is 0. The molecular formula is C14H23N3O2. The van der Waals surface area contributed by atoms with Crippen LogP contribution in [0.1, 0.15) is 35.1 Å². The second-order valence-electron chi connectivity index (χ2n) is 5.21. The van der Waals surface area contributed by atoms with E-state index >= 15 is 0 Å². The monoisotopic (exact) mass is 265 g/mol. The molecule has 0 saturated heterocycles. The van der Waals surface area contributed by atoms with Crippen molar-refractivity contribution < 1.29 is 9.90 Å². The Kier molecular flexibility index (Phi) is 5.30. The third-order valence-corrected chi connectivity index (χ3v) is 2.95. The molecule has 1 atom stereocenters. The van der Waals surface area contributed by atoms with E-state index in [1.165, 1.54) is 0 Å². The molecule has 0 radical (unpaired) electrons. The molecule has 106 valence electrons. The average molecular weight is 265 g/mol. The fourth-order valence-corrected chi connectivity index (χ4v) is 2.00. The van der Waals surface area contributed by atoms with Gasteiger partial charge in [-0.2, -0.15) is 0 Å². The maximum absolute atomic E-state index is 11.3. The molecule has 1 aromatic rings. The second-order valence-corrected chi connectivity index (χ2v) is 5.21. The van der Waals surface area contributed by atoms with Gasteiger partial charge in [0, 0.05) is 11.7 Å². The third kappa shape index (κ3) is 4.52. The van der Waals surface area contributed by atoms with Crippen molar-refractivity contribution >= 4 is 11.7 Å². The number of carboxylic acids is 1. The van der Waals surface area contributed by atoms with Crippen molar-refractivity contribution in [1.82, 2.24) is 9.88 Å². The number of hydrogen-bond donors (Lipinski definition) is 2. The third-order valence-electron chi connectivity index (χ3n) is 2.95. The Morgan fingerprint density at radius 2 is 2.11 bits per heavy atom. The Labute approximate surface area is 114 Å². The summed E-state index contributed by atoms with van der Waals surface area (Å²) in [7, 11) is 4.05. The Morgan fingerprint density at radius 3 is 2.63 bits per heavy atom. The van der Waals surface area contributed by atoms with Gasteiger partial charge in [-0.1, -0.05) is 0 Å². The van der Waals surface area contributed by atoms with Gasteiger partial charge in [-0.15, -0.1) is 0 Å². The Balaban J connectivity index is 2.90. The van der Waals surface area contributed by atoms with E-state index in [-0.39, 0.29) is 11.6 Å². The summed E-state index contributed by atoms with van der Waals surface area (Å²) < 4.78 is 0. The summed E-state index contributed by atoms with van der Waals surface area (Å²) in [6, 6.07) is 2.00. The summed E-state index contributed by atoms with van der Waals surface area (Å²) in [4.78, 5) is 17.6. The fraction of sp³-hybridized carbons (Fsp3) is 0.571. The van der Waals surface area contributed by atoms with E-state index in [2.05, 4.69) is 22.1 Å². The van der Waals surface area contributed by atoms with Crippen LogP contribution in [-0.2, 0) is 0 Å². The van der Waals surface area contributed by atoms with Gasteiger partial charge in [0.2, 0.25) is 0 Å². The summed E-state index contributed by atoms with van der Waals surface area (Å²) in [5.41, 5.74) is 2.30. The number of nitrogens with zero attached hydrogens (tertiary/aromatic N) is 2. The molecule has 0 aliphatic heterocycles. The first-order valence-electron chi connectivity index (χ1n) is 6.44. The van der Waals surface area contributed by atoms with Crippen LogP contribution in [0.2, 0.25) is 0 Å². The molecule has 0 fully saturated rings. The minimum absolute atomic E-state index is 0.210. The molecule has 1 rings (SSSR count). The number of carboxylic acid groups (broad SMARTS) is 1. The molecule has 19 heavy (non-hydrogen) atoms. The predicted molar refractivity (Wildman–Crippen MR) is 76.9 cm³/mol. The first-order chi connectivity index (χ1) is 8.81. The Bertz CT molecular complexity index is 458. The maximum atomic E-state index is 11.3. The molecule has 0 saturated carbocycles. The number of pyridine rings is 1. The number of aromatic carboxylic acids is 1. The van der Waals surface area contributed by atoms with E-state index in [1.807, 2.05) is 21.0 Å². The number of carbonyl (C=O) groups is 1. The standard InChI is InChI=1S/C14H23N3O2/c1-9(6-7-17(4)5)16-12-8-10(2)15-11(3)13(12)14(18)19/h8-9H,6-7H2,1-5H3,(H,15,16)(H,18,19). The second kappa shape index (κ2) is 6.52. The van der Waals surface area contributed by atoms with Crippen LogP contribution >= 0.6 is 0 Å². The van der Waals surface area contributed by atoms with Crippen molar-refractivity contribution in [1.29, 1.82) is 0 Å². The highest BCUT2D eigenvalue weighted by molar-refractivity contribution is 5.95. The van der Waals surface area contributed by atoms with E-state index in [1.54, 1.807) is 13.0 Å². The van der Waals surface area contributed by atoms with Crippen LogP contribution in [0.25, 0.3) is 0 Å². The lowest BCUT2D eigenvalue weighted by molar-refractivity contribution is 0.0696. The van der Waals surface area contributed by atoms with Crippen molar-refractivity contribution in [2.24, 2.45) is 0 Å². The van der Waals surface area contributed by atoms with Gasteiger partial charge in [-0.3, -0.25) is 4.98 Å². The van der Waals surface area contributed by atoms with Crippen LogP contribution in [0.3, 0.4) is 0 Å². The molecule has 0 aliphatic carbocycles. The highest BCUT2D eigenvalue weighted by atomic mass is 16.4. The van der Waals surface area contributed by atoms with E-state index in [4.69, 9.17) is 0 Å². The number of nitrogens with one attached hydrogen (secondary N) is 1. The van der Waals surface area contributed by atoms with Crippen LogP contribution in [-0.4, -0.2) is 47.6 Å². The molecule has 0 bridgehead atoms. The number of aromatic nitrogens is 1. The molecule has 5 nitrogen and oxygen atoms in total. The van der Waals surface area contributed by atoms with Gasteiger partial charge in [0.05, 0.1) is 11.4 Å². The van der Waals surface area contributed by atoms with Gasteiger partial charge in [-0.25, -0.2) is 4.79 Å². The maximum Gasteiger partial charge on any atom is 0.339 e. The van der Waals surface area contributed by atoms with Crippen LogP contribution < -0.4 is 5.32 Å². The van der Waals surface area contributed by atoms with Gasteiger partial charge >= 0.3 is 5.97 Å².